The number of alkyl halides is 1. The average Bonchev–Trinajstić information content (AvgIpc) is 2.82. The highest BCUT2D eigenvalue weighted by Gasteiger charge is 2.32. The zero-order chi connectivity index (χ0) is 23.8. The van der Waals surface area contributed by atoms with Crippen molar-refractivity contribution in [3.05, 3.63) is 88.9 Å². The molecule has 3 aromatic rings. The number of halogens is 2. The summed E-state index contributed by atoms with van der Waals surface area (Å²) in [5, 5.41) is 3.25. The zero-order valence-electron chi connectivity index (χ0n) is 18.1. The Balaban J connectivity index is 1.97. The van der Waals surface area contributed by atoms with Gasteiger partial charge in [0.05, 0.1) is 12.1 Å². The summed E-state index contributed by atoms with van der Waals surface area (Å²) < 4.78 is 5.21. The van der Waals surface area contributed by atoms with Gasteiger partial charge < -0.3 is 15.8 Å². The molecule has 0 radical (unpaired) electrons. The number of carbonyl (C=O) groups excluding carboxylic acids is 2. The molecular formula is C25H25Cl2N3O3. The smallest absolute Gasteiger partial charge is 0.247 e. The van der Waals surface area contributed by atoms with E-state index in [1.54, 1.807) is 42.5 Å². The number of benzene rings is 3. The van der Waals surface area contributed by atoms with Gasteiger partial charge in [-0.3, -0.25) is 14.5 Å². The summed E-state index contributed by atoms with van der Waals surface area (Å²) in [5.41, 5.74) is 8.51. The minimum absolute atomic E-state index is 0.304. The Bertz CT molecular complexity index is 1110. The third kappa shape index (κ3) is 6.18. The maximum Gasteiger partial charge on any atom is 0.247 e. The van der Waals surface area contributed by atoms with Crippen molar-refractivity contribution < 1.29 is 14.3 Å². The van der Waals surface area contributed by atoms with Gasteiger partial charge in [-0.2, -0.15) is 0 Å². The first-order valence-electron chi connectivity index (χ1n) is 10.3. The van der Waals surface area contributed by atoms with Crippen LogP contribution in [0.4, 0.5) is 11.4 Å². The third-order valence-corrected chi connectivity index (χ3v) is 5.61. The number of nitrogen functional groups attached to an aromatic ring is 1. The van der Waals surface area contributed by atoms with Crippen molar-refractivity contribution in [3.8, 4) is 5.75 Å². The molecule has 0 saturated heterocycles. The molecule has 0 fully saturated rings. The van der Waals surface area contributed by atoms with Crippen LogP contribution in [0, 0.1) is 0 Å². The molecule has 0 aliphatic carbocycles. The molecule has 2 amide bonds. The van der Waals surface area contributed by atoms with E-state index in [4.69, 9.17) is 33.7 Å². The topological polar surface area (TPSA) is 84.7 Å². The number of rotatable bonds is 9. The summed E-state index contributed by atoms with van der Waals surface area (Å²) in [6.45, 7) is 0.397. The van der Waals surface area contributed by atoms with E-state index in [1.165, 1.54) is 12.0 Å². The van der Waals surface area contributed by atoms with Gasteiger partial charge in [0, 0.05) is 17.9 Å². The Morgan fingerprint density at radius 3 is 2.45 bits per heavy atom. The first-order chi connectivity index (χ1) is 15.9. The summed E-state index contributed by atoms with van der Waals surface area (Å²) in [5.74, 6) is -0.684. The van der Waals surface area contributed by atoms with E-state index >= 15 is 0 Å². The number of amides is 2. The number of hydrogen-bond donors (Lipinski definition) is 2. The van der Waals surface area contributed by atoms with Crippen molar-refractivity contribution in [2.75, 3.05) is 30.2 Å². The molecule has 0 heterocycles. The largest absolute Gasteiger partial charge is 0.495 e. The molecule has 6 nitrogen and oxygen atoms in total. The van der Waals surface area contributed by atoms with Crippen molar-refractivity contribution in [2.24, 2.45) is 0 Å². The molecular weight excluding hydrogens is 461 g/mol. The van der Waals surface area contributed by atoms with Gasteiger partial charge in [-0.25, -0.2) is 0 Å². The van der Waals surface area contributed by atoms with Crippen LogP contribution >= 0.6 is 23.2 Å². The van der Waals surface area contributed by atoms with E-state index < -0.39 is 11.9 Å². The van der Waals surface area contributed by atoms with E-state index in [2.05, 4.69) is 5.32 Å². The molecule has 3 N–H and O–H groups in total. The lowest BCUT2D eigenvalue weighted by Crippen LogP contribution is -2.45. The van der Waals surface area contributed by atoms with Gasteiger partial charge in [0.1, 0.15) is 17.7 Å². The van der Waals surface area contributed by atoms with Gasteiger partial charge in [-0.1, -0.05) is 54.1 Å². The number of nitrogens with one attached hydrogen (secondary N) is 1. The summed E-state index contributed by atoms with van der Waals surface area (Å²) in [7, 11) is 1.50. The van der Waals surface area contributed by atoms with Crippen LogP contribution in [-0.4, -0.2) is 31.3 Å². The number of anilines is 2. The molecule has 8 heteroatoms. The zero-order valence-corrected chi connectivity index (χ0v) is 19.6. The van der Waals surface area contributed by atoms with E-state index in [1.807, 2.05) is 30.3 Å². The predicted octanol–water partition coefficient (Wildman–Crippen LogP) is 4.60. The van der Waals surface area contributed by atoms with Crippen molar-refractivity contribution in [3.63, 3.8) is 0 Å². The number of carbonyl (C=O) groups is 2. The van der Waals surface area contributed by atoms with Gasteiger partial charge in [0.15, 0.2) is 0 Å². The number of hydrogen-bond acceptors (Lipinski definition) is 4. The maximum atomic E-state index is 13.4. The second-order valence-corrected chi connectivity index (χ2v) is 7.99. The van der Waals surface area contributed by atoms with Gasteiger partial charge in [-0.05, 0) is 47.9 Å². The Morgan fingerprint density at radius 2 is 1.82 bits per heavy atom. The van der Waals surface area contributed by atoms with Crippen molar-refractivity contribution >= 4 is 46.4 Å². The molecule has 0 aliphatic heterocycles. The molecule has 33 heavy (non-hydrogen) atoms. The Hall–Kier alpha value is -3.22. The molecule has 3 rings (SSSR count). The highest BCUT2D eigenvalue weighted by Crippen LogP contribution is 2.34. The fourth-order valence-corrected chi connectivity index (χ4v) is 3.91. The second kappa shape index (κ2) is 11.6. The highest BCUT2D eigenvalue weighted by molar-refractivity contribution is 6.33. The first kappa shape index (κ1) is 24.4. The van der Waals surface area contributed by atoms with Crippen LogP contribution in [0.5, 0.6) is 5.75 Å². The van der Waals surface area contributed by atoms with Crippen LogP contribution in [0.2, 0.25) is 5.02 Å². The van der Waals surface area contributed by atoms with Crippen LogP contribution in [0.1, 0.15) is 17.2 Å². The Kier molecular flexibility index (Phi) is 8.58. The normalized spacial score (nSPS) is 11.5. The number of ether oxygens (including phenoxy) is 1. The van der Waals surface area contributed by atoms with Crippen LogP contribution in [0.15, 0.2) is 72.8 Å². The van der Waals surface area contributed by atoms with Crippen molar-refractivity contribution in [2.45, 2.75) is 12.5 Å². The fourth-order valence-electron chi connectivity index (χ4n) is 3.52. The number of nitrogens with zero attached hydrogens (tertiary/aromatic N) is 1. The van der Waals surface area contributed by atoms with E-state index in [9.17, 15) is 9.59 Å². The van der Waals surface area contributed by atoms with Gasteiger partial charge in [0.2, 0.25) is 11.8 Å². The summed E-state index contributed by atoms with van der Waals surface area (Å²) in [6.07, 6.45) is 0.647. The lowest BCUT2D eigenvalue weighted by molar-refractivity contribution is -0.125. The summed E-state index contributed by atoms with van der Waals surface area (Å²) in [4.78, 5) is 27.8. The highest BCUT2D eigenvalue weighted by atomic mass is 35.5. The second-order valence-electron chi connectivity index (χ2n) is 7.32. The monoisotopic (exact) mass is 485 g/mol. The van der Waals surface area contributed by atoms with Crippen molar-refractivity contribution in [1.82, 2.24) is 5.32 Å². The molecule has 0 aliphatic rings. The number of nitrogens with two attached hydrogens (primary N) is 1. The minimum atomic E-state index is -1.00. The molecule has 1 atom stereocenters. The van der Waals surface area contributed by atoms with Crippen LogP contribution in [-0.2, 0) is 16.0 Å². The summed E-state index contributed by atoms with van der Waals surface area (Å²) in [6, 6.07) is 20.5. The molecule has 0 bridgehead atoms. The molecule has 0 aromatic heterocycles. The quantitative estimate of drug-likeness (QED) is 0.342. The first-order valence-corrected chi connectivity index (χ1v) is 11.2. The Morgan fingerprint density at radius 1 is 1.06 bits per heavy atom. The van der Waals surface area contributed by atoms with Gasteiger partial charge in [-0.15, -0.1) is 11.6 Å². The van der Waals surface area contributed by atoms with Crippen LogP contribution in [0.3, 0.4) is 0 Å². The van der Waals surface area contributed by atoms with E-state index in [0.29, 0.717) is 40.7 Å². The van der Waals surface area contributed by atoms with E-state index in [0.717, 1.165) is 5.56 Å². The molecule has 3 aromatic carbocycles. The summed E-state index contributed by atoms with van der Waals surface area (Å²) >= 11 is 12.3. The standard InChI is InChI=1S/C25H25Cl2N3O3/c1-33-22-11-10-20(15-21(22)27)30(23(31)16-26)24(18-8-5-9-19(28)14-18)25(32)29-13-12-17-6-3-2-4-7-17/h2-11,14-15,24H,12-13,16,28H2,1H3,(H,29,32). The molecule has 0 spiro atoms. The maximum absolute atomic E-state index is 13.4. The fraction of sp³-hybridized carbons (Fsp3) is 0.200. The average molecular weight is 486 g/mol. The molecule has 0 saturated carbocycles. The van der Waals surface area contributed by atoms with Crippen LogP contribution in [0.25, 0.3) is 0 Å². The van der Waals surface area contributed by atoms with Gasteiger partial charge in [0.25, 0.3) is 0 Å². The molecule has 172 valence electrons. The lowest BCUT2D eigenvalue weighted by Gasteiger charge is -2.31. The minimum Gasteiger partial charge on any atom is -0.495 e. The van der Waals surface area contributed by atoms with Gasteiger partial charge >= 0.3 is 0 Å². The SMILES string of the molecule is COc1ccc(N(C(=O)CCl)C(C(=O)NCCc2ccccc2)c2cccc(N)c2)cc1Cl. The lowest BCUT2D eigenvalue weighted by atomic mass is 10.0. The number of methoxy groups -OCH3 is 1. The molecule has 1 unspecified atom stereocenters. The van der Waals surface area contributed by atoms with E-state index in [-0.39, 0.29) is 11.8 Å². The Labute approximate surface area is 203 Å². The van der Waals surface area contributed by atoms with Crippen LogP contribution < -0.4 is 20.7 Å². The third-order valence-electron chi connectivity index (χ3n) is 5.09. The van der Waals surface area contributed by atoms with Crippen molar-refractivity contribution in [1.29, 1.82) is 0 Å². The predicted molar refractivity (Wildman–Crippen MR) is 133 cm³/mol.